The predicted molar refractivity (Wildman–Crippen MR) is 104 cm³/mol. The van der Waals surface area contributed by atoms with Gasteiger partial charge in [-0.3, -0.25) is 4.90 Å². The molecule has 4 rings (SSSR count). The Labute approximate surface area is 170 Å². The Morgan fingerprint density at radius 2 is 1.97 bits per heavy atom. The van der Waals surface area contributed by atoms with E-state index in [0.717, 1.165) is 56.4 Å². The summed E-state index contributed by atoms with van der Waals surface area (Å²) in [6.07, 6.45) is -1.13. The number of aromatic nitrogens is 3. The summed E-state index contributed by atoms with van der Waals surface area (Å²) in [4.78, 5) is 13.3. The Morgan fingerprint density at radius 3 is 2.69 bits per heavy atom. The lowest BCUT2D eigenvalue weighted by atomic mass is 10.1. The zero-order valence-electron chi connectivity index (χ0n) is 15.6. The second kappa shape index (κ2) is 8.50. The topological polar surface area (TPSA) is 58.3 Å². The quantitative estimate of drug-likeness (QED) is 0.598. The minimum absolute atomic E-state index is 0.183. The van der Waals surface area contributed by atoms with Crippen LogP contribution in [0.2, 0.25) is 0 Å². The van der Waals surface area contributed by atoms with Gasteiger partial charge in [-0.1, -0.05) is 17.3 Å². The molecule has 154 valence electrons. The number of hydrogen-bond acceptors (Lipinski definition) is 7. The molecule has 0 aliphatic carbocycles. The van der Waals surface area contributed by atoms with Crippen LogP contribution in [-0.2, 0) is 12.6 Å². The molecule has 0 radical (unpaired) electrons. The molecule has 6 nitrogen and oxygen atoms in total. The van der Waals surface area contributed by atoms with Crippen molar-refractivity contribution in [3.05, 3.63) is 47.3 Å². The molecule has 0 bridgehead atoms. The summed E-state index contributed by atoms with van der Waals surface area (Å²) in [7, 11) is 0. The van der Waals surface area contributed by atoms with Crippen LogP contribution in [0.3, 0.4) is 0 Å². The van der Waals surface area contributed by atoms with E-state index in [2.05, 4.69) is 24.9 Å². The van der Waals surface area contributed by atoms with E-state index in [-0.39, 0.29) is 5.82 Å². The Bertz CT molecular complexity index is 920. The molecule has 0 N–H and O–H groups in total. The maximum absolute atomic E-state index is 12.9. The highest BCUT2D eigenvalue weighted by molar-refractivity contribution is 7.13. The number of anilines is 1. The highest BCUT2D eigenvalue weighted by atomic mass is 32.1. The summed E-state index contributed by atoms with van der Waals surface area (Å²) in [5, 5.41) is 6.89. The molecule has 10 heteroatoms. The molecule has 1 aromatic carbocycles. The maximum atomic E-state index is 12.9. The number of halogens is 3. The van der Waals surface area contributed by atoms with Gasteiger partial charge in [0, 0.05) is 49.7 Å². The van der Waals surface area contributed by atoms with Gasteiger partial charge < -0.3 is 9.42 Å². The third-order valence-corrected chi connectivity index (χ3v) is 5.68. The van der Waals surface area contributed by atoms with Gasteiger partial charge in [0.25, 0.3) is 0 Å². The molecular weight excluding hydrogens is 403 g/mol. The first-order chi connectivity index (χ1) is 14.0. The SMILES string of the molecule is FC(F)(F)c1cccc(-c2noc(CCCN3CCN(c4nccs4)CC3)n2)c1. The molecule has 2 aromatic heterocycles. The Morgan fingerprint density at radius 1 is 1.14 bits per heavy atom. The first-order valence-corrected chi connectivity index (χ1v) is 10.2. The minimum atomic E-state index is -4.40. The lowest BCUT2D eigenvalue weighted by Crippen LogP contribution is -2.46. The number of rotatable bonds is 6. The van der Waals surface area contributed by atoms with E-state index in [0.29, 0.717) is 17.9 Å². The van der Waals surface area contributed by atoms with E-state index in [1.165, 1.54) is 6.07 Å². The number of benzene rings is 1. The van der Waals surface area contributed by atoms with Gasteiger partial charge in [-0.25, -0.2) is 4.98 Å². The van der Waals surface area contributed by atoms with Crippen molar-refractivity contribution in [2.45, 2.75) is 19.0 Å². The monoisotopic (exact) mass is 423 g/mol. The predicted octanol–water partition coefficient (Wildman–Crippen LogP) is 3.97. The van der Waals surface area contributed by atoms with Crippen molar-refractivity contribution < 1.29 is 17.7 Å². The average molecular weight is 423 g/mol. The summed E-state index contributed by atoms with van der Waals surface area (Å²) in [5.41, 5.74) is -0.425. The molecule has 0 saturated carbocycles. The van der Waals surface area contributed by atoms with Crippen LogP contribution < -0.4 is 4.90 Å². The zero-order chi connectivity index (χ0) is 20.3. The molecule has 1 saturated heterocycles. The van der Waals surface area contributed by atoms with Crippen molar-refractivity contribution in [3.63, 3.8) is 0 Å². The van der Waals surface area contributed by atoms with Gasteiger partial charge in [0.2, 0.25) is 11.7 Å². The standard InChI is InChI=1S/C19H20F3N5OS/c20-19(21,22)15-4-1-3-14(13-15)17-24-16(28-25-17)5-2-7-26-8-10-27(11-9-26)18-23-6-12-29-18/h1,3-4,6,12-13H,2,5,7-11H2. The Hall–Kier alpha value is -2.46. The van der Waals surface area contributed by atoms with Crippen LogP contribution in [0.1, 0.15) is 17.9 Å². The normalized spacial score (nSPS) is 15.8. The Balaban J connectivity index is 1.26. The van der Waals surface area contributed by atoms with Crippen molar-refractivity contribution in [3.8, 4) is 11.4 Å². The second-order valence-corrected chi connectivity index (χ2v) is 7.71. The number of thiazole rings is 1. The van der Waals surface area contributed by atoms with Crippen LogP contribution >= 0.6 is 11.3 Å². The highest BCUT2D eigenvalue weighted by Crippen LogP contribution is 2.31. The number of piperazine rings is 1. The molecule has 3 aromatic rings. The molecule has 0 amide bonds. The summed E-state index contributed by atoms with van der Waals surface area (Å²) in [6, 6.07) is 4.96. The second-order valence-electron chi connectivity index (χ2n) is 6.84. The van der Waals surface area contributed by atoms with Crippen molar-refractivity contribution >= 4 is 16.5 Å². The summed E-state index contributed by atoms with van der Waals surface area (Å²) < 4.78 is 43.8. The van der Waals surface area contributed by atoms with Crippen LogP contribution in [0.25, 0.3) is 11.4 Å². The van der Waals surface area contributed by atoms with Crippen LogP contribution in [-0.4, -0.2) is 52.7 Å². The van der Waals surface area contributed by atoms with Gasteiger partial charge in [0.15, 0.2) is 5.13 Å². The fourth-order valence-corrected chi connectivity index (χ4v) is 3.99. The summed E-state index contributed by atoms with van der Waals surface area (Å²) in [6.45, 7) is 4.76. The van der Waals surface area contributed by atoms with Gasteiger partial charge >= 0.3 is 6.18 Å². The molecule has 1 fully saturated rings. The van der Waals surface area contributed by atoms with Gasteiger partial charge in [-0.2, -0.15) is 18.2 Å². The van der Waals surface area contributed by atoms with Crippen molar-refractivity contribution in [1.82, 2.24) is 20.0 Å². The number of hydrogen-bond donors (Lipinski definition) is 0. The van der Waals surface area contributed by atoms with Crippen LogP contribution in [0, 0.1) is 0 Å². The largest absolute Gasteiger partial charge is 0.416 e. The maximum Gasteiger partial charge on any atom is 0.416 e. The van der Waals surface area contributed by atoms with E-state index in [1.807, 2.05) is 11.6 Å². The van der Waals surface area contributed by atoms with Crippen molar-refractivity contribution in [2.75, 3.05) is 37.6 Å². The molecule has 29 heavy (non-hydrogen) atoms. The van der Waals surface area contributed by atoms with Gasteiger partial charge in [0.05, 0.1) is 5.56 Å². The van der Waals surface area contributed by atoms with E-state index in [4.69, 9.17) is 4.52 Å². The van der Waals surface area contributed by atoms with Crippen molar-refractivity contribution in [1.29, 1.82) is 0 Å². The van der Waals surface area contributed by atoms with E-state index in [1.54, 1.807) is 17.4 Å². The number of nitrogens with zero attached hydrogens (tertiary/aromatic N) is 5. The fourth-order valence-electron chi connectivity index (χ4n) is 3.30. The molecule has 3 heterocycles. The highest BCUT2D eigenvalue weighted by Gasteiger charge is 2.30. The first-order valence-electron chi connectivity index (χ1n) is 9.36. The van der Waals surface area contributed by atoms with Crippen molar-refractivity contribution in [2.24, 2.45) is 0 Å². The first kappa shape index (κ1) is 19.8. The molecule has 1 aliphatic rings. The van der Waals surface area contributed by atoms with Gasteiger partial charge in [-0.05, 0) is 25.1 Å². The van der Waals surface area contributed by atoms with Crippen LogP contribution in [0.15, 0.2) is 40.4 Å². The van der Waals surface area contributed by atoms with E-state index < -0.39 is 11.7 Å². The molecule has 0 spiro atoms. The van der Waals surface area contributed by atoms with Crippen LogP contribution in [0.5, 0.6) is 0 Å². The number of aryl methyl sites for hydroxylation is 1. The van der Waals surface area contributed by atoms with E-state index in [9.17, 15) is 13.2 Å². The lowest BCUT2D eigenvalue weighted by Gasteiger charge is -2.34. The molecule has 0 unspecified atom stereocenters. The summed E-state index contributed by atoms with van der Waals surface area (Å²) >= 11 is 1.65. The molecule has 1 aliphatic heterocycles. The fraction of sp³-hybridized carbons (Fsp3) is 0.421. The molecule has 0 atom stereocenters. The average Bonchev–Trinajstić information content (AvgIpc) is 3.40. The third-order valence-electron chi connectivity index (χ3n) is 4.84. The summed E-state index contributed by atoms with van der Waals surface area (Å²) in [5.74, 6) is 0.627. The van der Waals surface area contributed by atoms with Crippen LogP contribution in [0.4, 0.5) is 18.3 Å². The third kappa shape index (κ3) is 4.94. The Kier molecular flexibility index (Phi) is 5.81. The molecular formula is C19H20F3N5OS. The smallest absolute Gasteiger partial charge is 0.346 e. The zero-order valence-corrected chi connectivity index (χ0v) is 16.4. The lowest BCUT2D eigenvalue weighted by molar-refractivity contribution is -0.137. The van der Waals surface area contributed by atoms with Gasteiger partial charge in [0.1, 0.15) is 0 Å². The van der Waals surface area contributed by atoms with Gasteiger partial charge in [-0.15, -0.1) is 11.3 Å². The van der Waals surface area contributed by atoms with E-state index >= 15 is 0 Å². The minimum Gasteiger partial charge on any atom is -0.346 e. The number of alkyl halides is 3.